The second kappa shape index (κ2) is 6.81. The lowest BCUT2D eigenvalue weighted by molar-refractivity contribution is -0.111. The first-order valence-corrected chi connectivity index (χ1v) is 6.32. The number of ether oxygens (including phenoxy) is 2. The first-order chi connectivity index (χ1) is 8.03. The standard InChI is InChI=1S/C12H24N2O3/c1-4-5-6-14-11(15)16-8-10-7-13-9-12(2,3)17-10/h10,13H,4-9H2,1-3H3,(H,14,15). The Bertz CT molecular complexity index is 244. The lowest BCUT2D eigenvalue weighted by Crippen LogP contribution is -2.52. The van der Waals surface area contributed by atoms with Crippen LogP contribution in [0, 0.1) is 0 Å². The van der Waals surface area contributed by atoms with Gasteiger partial charge in [0.15, 0.2) is 0 Å². The molecule has 2 N–H and O–H groups in total. The Balaban J connectivity index is 2.15. The molecule has 0 aromatic rings. The number of alkyl carbamates (subject to hydrolysis) is 1. The van der Waals surface area contributed by atoms with Gasteiger partial charge in [-0.25, -0.2) is 4.79 Å². The van der Waals surface area contributed by atoms with Crippen molar-refractivity contribution in [3.63, 3.8) is 0 Å². The molecular formula is C12H24N2O3. The molecule has 1 atom stereocenters. The smallest absolute Gasteiger partial charge is 0.407 e. The zero-order chi connectivity index (χ0) is 12.7. The lowest BCUT2D eigenvalue weighted by Gasteiger charge is -2.36. The summed E-state index contributed by atoms with van der Waals surface area (Å²) in [6, 6.07) is 0. The first-order valence-electron chi connectivity index (χ1n) is 6.32. The van der Waals surface area contributed by atoms with Gasteiger partial charge in [-0.1, -0.05) is 13.3 Å². The zero-order valence-corrected chi connectivity index (χ0v) is 11.0. The molecule has 0 bridgehead atoms. The van der Waals surface area contributed by atoms with Gasteiger partial charge in [0.05, 0.1) is 5.60 Å². The van der Waals surface area contributed by atoms with E-state index in [-0.39, 0.29) is 17.8 Å². The number of hydrogen-bond acceptors (Lipinski definition) is 4. The molecule has 1 saturated heterocycles. The van der Waals surface area contributed by atoms with Gasteiger partial charge in [-0.15, -0.1) is 0 Å². The quantitative estimate of drug-likeness (QED) is 0.715. The van der Waals surface area contributed by atoms with Crippen LogP contribution in [-0.4, -0.2) is 44.0 Å². The molecule has 1 heterocycles. The van der Waals surface area contributed by atoms with Gasteiger partial charge in [0.25, 0.3) is 0 Å². The summed E-state index contributed by atoms with van der Waals surface area (Å²) in [5.74, 6) is 0. The third kappa shape index (κ3) is 5.89. The molecule has 1 fully saturated rings. The van der Waals surface area contributed by atoms with Crippen molar-refractivity contribution in [2.75, 3.05) is 26.2 Å². The second-order valence-electron chi connectivity index (χ2n) is 5.01. The van der Waals surface area contributed by atoms with Gasteiger partial charge >= 0.3 is 6.09 Å². The molecule has 0 saturated carbocycles. The van der Waals surface area contributed by atoms with E-state index in [4.69, 9.17) is 9.47 Å². The van der Waals surface area contributed by atoms with Gasteiger partial charge in [0, 0.05) is 19.6 Å². The lowest BCUT2D eigenvalue weighted by atomic mass is 10.1. The summed E-state index contributed by atoms with van der Waals surface area (Å²) in [7, 11) is 0. The van der Waals surface area contributed by atoms with Gasteiger partial charge in [0.1, 0.15) is 12.7 Å². The number of rotatable bonds is 5. The second-order valence-corrected chi connectivity index (χ2v) is 5.01. The molecule has 5 nitrogen and oxygen atoms in total. The van der Waals surface area contributed by atoms with Crippen molar-refractivity contribution in [2.24, 2.45) is 0 Å². The van der Waals surface area contributed by atoms with Crippen LogP contribution >= 0.6 is 0 Å². The van der Waals surface area contributed by atoms with E-state index < -0.39 is 0 Å². The highest BCUT2D eigenvalue weighted by Crippen LogP contribution is 2.15. The summed E-state index contributed by atoms with van der Waals surface area (Å²) < 4.78 is 10.9. The summed E-state index contributed by atoms with van der Waals surface area (Å²) in [6.07, 6.45) is 1.62. The predicted molar refractivity (Wildman–Crippen MR) is 66.1 cm³/mol. The Morgan fingerprint density at radius 2 is 2.35 bits per heavy atom. The van der Waals surface area contributed by atoms with Crippen LogP contribution in [0.1, 0.15) is 33.6 Å². The molecule has 17 heavy (non-hydrogen) atoms. The summed E-state index contributed by atoms with van der Waals surface area (Å²) in [5, 5.41) is 5.97. The van der Waals surface area contributed by atoms with Crippen molar-refractivity contribution in [1.82, 2.24) is 10.6 Å². The van der Waals surface area contributed by atoms with E-state index >= 15 is 0 Å². The average molecular weight is 244 g/mol. The Kier molecular flexibility index (Phi) is 5.71. The van der Waals surface area contributed by atoms with Gasteiger partial charge in [-0.2, -0.15) is 0 Å². The zero-order valence-electron chi connectivity index (χ0n) is 11.0. The number of nitrogens with one attached hydrogen (secondary N) is 2. The SMILES string of the molecule is CCCCNC(=O)OCC1CNCC(C)(C)O1. The molecule has 0 aliphatic carbocycles. The average Bonchev–Trinajstić information content (AvgIpc) is 2.25. The fourth-order valence-corrected chi connectivity index (χ4v) is 1.75. The maximum atomic E-state index is 11.3. The van der Waals surface area contributed by atoms with E-state index in [1.165, 1.54) is 0 Å². The Morgan fingerprint density at radius 1 is 1.59 bits per heavy atom. The van der Waals surface area contributed by atoms with E-state index in [1.54, 1.807) is 0 Å². The Morgan fingerprint density at radius 3 is 3.00 bits per heavy atom. The molecule has 0 aromatic carbocycles. The van der Waals surface area contributed by atoms with Gasteiger partial charge < -0.3 is 20.1 Å². The number of morpholine rings is 1. The monoisotopic (exact) mass is 244 g/mol. The van der Waals surface area contributed by atoms with E-state index in [0.717, 1.165) is 25.9 Å². The molecule has 1 aliphatic rings. The van der Waals surface area contributed by atoms with Gasteiger partial charge in [-0.3, -0.25) is 0 Å². The normalized spacial score (nSPS) is 23.1. The highest BCUT2D eigenvalue weighted by Gasteiger charge is 2.28. The van der Waals surface area contributed by atoms with Crippen LogP contribution in [0.15, 0.2) is 0 Å². The van der Waals surface area contributed by atoms with Crippen LogP contribution in [0.3, 0.4) is 0 Å². The van der Waals surface area contributed by atoms with E-state index in [2.05, 4.69) is 17.6 Å². The van der Waals surface area contributed by atoms with Crippen molar-refractivity contribution < 1.29 is 14.3 Å². The van der Waals surface area contributed by atoms with Crippen LogP contribution < -0.4 is 10.6 Å². The Hall–Kier alpha value is -0.810. The van der Waals surface area contributed by atoms with Crippen molar-refractivity contribution in [3.05, 3.63) is 0 Å². The molecule has 0 spiro atoms. The highest BCUT2D eigenvalue weighted by atomic mass is 16.6. The number of carbonyl (C=O) groups excluding carboxylic acids is 1. The summed E-state index contributed by atoms with van der Waals surface area (Å²) in [6.45, 7) is 8.65. The largest absolute Gasteiger partial charge is 0.447 e. The topological polar surface area (TPSA) is 59.6 Å². The number of hydrogen-bond donors (Lipinski definition) is 2. The highest BCUT2D eigenvalue weighted by molar-refractivity contribution is 5.67. The number of amides is 1. The summed E-state index contributed by atoms with van der Waals surface area (Å²) in [4.78, 5) is 11.3. The van der Waals surface area contributed by atoms with Crippen LogP contribution in [0.4, 0.5) is 4.79 Å². The van der Waals surface area contributed by atoms with E-state index in [1.807, 2.05) is 13.8 Å². The summed E-state index contributed by atoms with van der Waals surface area (Å²) in [5.41, 5.74) is -0.190. The fraction of sp³-hybridized carbons (Fsp3) is 0.917. The predicted octanol–water partition coefficient (Wildman–Crippen LogP) is 1.28. The Labute approximate surface area is 103 Å². The molecule has 100 valence electrons. The van der Waals surface area contributed by atoms with E-state index in [0.29, 0.717) is 13.2 Å². The number of unbranched alkanes of at least 4 members (excludes halogenated alkanes) is 1. The van der Waals surface area contributed by atoms with Crippen LogP contribution in [0.25, 0.3) is 0 Å². The molecular weight excluding hydrogens is 220 g/mol. The molecule has 1 rings (SSSR count). The third-order valence-corrected chi connectivity index (χ3v) is 2.61. The van der Waals surface area contributed by atoms with Gasteiger partial charge in [0.2, 0.25) is 0 Å². The van der Waals surface area contributed by atoms with Crippen LogP contribution in [-0.2, 0) is 9.47 Å². The van der Waals surface area contributed by atoms with Crippen molar-refractivity contribution in [2.45, 2.75) is 45.3 Å². The molecule has 0 radical (unpaired) electrons. The molecule has 0 aromatic heterocycles. The number of carbonyl (C=O) groups is 1. The van der Waals surface area contributed by atoms with Crippen molar-refractivity contribution in [3.8, 4) is 0 Å². The molecule has 1 amide bonds. The maximum Gasteiger partial charge on any atom is 0.407 e. The van der Waals surface area contributed by atoms with Crippen molar-refractivity contribution in [1.29, 1.82) is 0 Å². The molecule has 1 aliphatic heterocycles. The first kappa shape index (κ1) is 14.3. The van der Waals surface area contributed by atoms with Crippen molar-refractivity contribution >= 4 is 6.09 Å². The molecule has 1 unspecified atom stereocenters. The minimum atomic E-state index is -0.356. The minimum absolute atomic E-state index is 0.0596. The third-order valence-electron chi connectivity index (χ3n) is 2.61. The van der Waals surface area contributed by atoms with Gasteiger partial charge in [-0.05, 0) is 20.3 Å². The molecule has 5 heteroatoms. The fourth-order valence-electron chi connectivity index (χ4n) is 1.75. The maximum absolute atomic E-state index is 11.3. The van der Waals surface area contributed by atoms with Crippen LogP contribution in [0.5, 0.6) is 0 Å². The minimum Gasteiger partial charge on any atom is -0.447 e. The van der Waals surface area contributed by atoms with Crippen LogP contribution in [0.2, 0.25) is 0 Å². The van der Waals surface area contributed by atoms with E-state index in [9.17, 15) is 4.79 Å². The summed E-state index contributed by atoms with van der Waals surface area (Å²) >= 11 is 0.